The number of rotatable bonds is 5. The van der Waals surface area contributed by atoms with E-state index in [1.807, 2.05) is 18.0 Å². The predicted octanol–water partition coefficient (Wildman–Crippen LogP) is 2.57. The van der Waals surface area contributed by atoms with Crippen LogP contribution in [0.1, 0.15) is 25.1 Å². The minimum atomic E-state index is 0.157. The number of nitrogens with one attached hydrogen (secondary N) is 1. The Bertz CT molecular complexity index is 658. The molecule has 1 aromatic heterocycles. The van der Waals surface area contributed by atoms with Gasteiger partial charge < -0.3 is 4.90 Å². The highest BCUT2D eigenvalue weighted by Gasteiger charge is 2.36. The number of benzene rings is 1. The van der Waals surface area contributed by atoms with Gasteiger partial charge in [0.25, 0.3) is 0 Å². The van der Waals surface area contributed by atoms with E-state index in [0.717, 1.165) is 25.3 Å². The Balaban J connectivity index is 1.60. The molecule has 5 nitrogen and oxygen atoms in total. The molecule has 1 amide bonds. The monoisotopic (exact) mass is 340 g/mol. The van der Waals surface area contributed by atoms with Gasteiger partial charge in [0.2, 0.25) is 5.91 Å². The number of H-pyrrole nitrogens is 1. The number of piperidine rings is 1. The van der Waals surface area contributed by atoms with Crippen LogP contribution >= 0.6 is 0 Å². The molecule has 1 fully saturated rings. The Labute approximate surface area is 150 Å². The molecule has 0 bridgehead atoms. The maximum Gasteiger partial charge on any atom is 0.228 e. The molecular formula is C20H28N4O. The van der Waals surface area contributed by atoms with Gasteiger partial charge in [0, 0.05) is 44.6 Å². The minimum absolute atomic E-state index is 0.157. The number of likely N-dealkylation sites (N-methyl/N-ethyl adjacent to an activating group) is 1. The second kappa shape index (κ2) is 7.83. The van der Waals surface area contributed by atoms with Crippen molar-refractivity contribution < 1.29 is 4.79 Å². The van der Waals surface area contributed by atoms with E-state index >= 15 is 0 Å². The summed E-state index contributed by atoms with van der Waals surface area (Å²) in [5.74, 6) is 1.05. The van der Waals surface area contributed by atoms with Gasteiger partial charge in [0.1, 0.15) is 0 Å². The first-order valence-corrected chi connectivity index (χ1v) is 9.04. The van der Waals surface area contributed by atoms with Crippen molar-refractivity contribution in [2.45, 2.75) is 32.9 Å². The average Bonchev–Trinajstić information content (AvgIpc) is 3.08. The summed E-state index contributed by atoms with van der Waals surface area (Å²) in [6, 6.07) is 12.8. The second-order valence-corrected chi connectivity index (χ2v) is 7.39. The molecule has 3 rings (SSSR count). The molecule has 0 aliphatic carbocycles. The van der Waals surface area contributed by atoms with Crippen LogP contribution in [0, 0.1) is 11.8 Å². The maximum atomic E-state index is 12.6. The number of carbonyl (C=O) groups excluding carboxylic acids is 1. The molecule has 1 unspecified atom stereocenters. The Hall–Kier alpha value is -2.14. The molecule has 2 heterocycles. The van der Waals surface area contributed by atoms with Gasteiger partial charge in [-0.25, -0.2) is 0 Å². The largest absolute Gasteiger partial charge is 0.342 e. The average molecular weight is 340 g/mol. The number of aromatic nitrogens is 2. The molecule has 1 saturated heterocycles. The number of hydrogen-bond donors (Lipinski definition) is 1. The van der Waals surface area contributed by atoms with E-state index in [-0.39, 0.29) is 11.9 Å². The van der Waals surface area contributed by atoms with Crippen molar-refractivity contribution in [2.75, 3.05) is 20.1 Å². The lowest BCUT2D eigenvalue weighted by Crippen LogP contribution is -2.55. The quantitative estimate of drug-likeness (QED) is 0.910. The molecule has 1 aromatic carbocycles. The summed E-state index contributed by atoms with van der Waals surface area (Å²) in [7, 11) is 1.95. The van der Waals surface area contributed by atoms with Crippen molar-refractivity contribution in [1.29, 1.82) is 0 Å². The fraction of sp³-hybridized carbons (Fsp3) is 0.500. The van der Waals surface area contributed by atoms with Crippen LogP contribution in [-0.2, 0) is 17.8 Å². The summed E-state index contributed by atoms with van der Waals surface area (Å²) in [5, 5.41) is 6.80. The van der Waals surface area contributed by atoms with Crippen LogP contribution in [0.3, 0.4) is 0 Å². The third kappa shape index (κ3) is 4.28. The van der Waals surface area contributed by atoms with Crippen LogP contribution < -0.4 is 0 Å². The highest BCUT2D eigenvalue weighted by Crippen LogP contribution is 2.27. The van der Waals surface area contributed by atoms with Crippen molar-refractivity contribution in [3.63, 3.8) is 0 Å². The summed E-state index contributed by atoms with van der Waals surface area (Å²) in [4.78, 5) is 17.1. The van der Waals surface area contributed by atoms with Crippen LogP contribution in [-0.4, -0.2) is 52.1 Å². The molecule has 25 heavy (non-hydrogen) atoms. The van der Waals surface area contributed by atoms with Crippen LogP contribution in [0.5, 0.6) is 0 Å². The Morgan fingerprint density at radius 3 is 2.48 bits per heavy atom. The fourth-order valence-electron chi connectivity index (χ4n) is 4.24. The molecule has 2 aromatic rings. The second-order valence-electron chi connectivity index (χ2n) is 7.39. The zero-order valence-corrected chi connectivity index (χ0v) is 15.4. The Morgan fingerprint density at radius 2 is 1.88 bits per heavy atom. The van der Waals surface area contributed by atoms with E-state index in [4.69, 9.17) is 0 Å². The van der Waals surface area contributed by atoms with E-state index in [0.29, 0.717) is 18.3 Å². The molecule has 1 N–H and O–H groups in total. The fourth-order valence-corrected chi connectivity index (χ4v) is 4.24. The standard InChI is InChI=1S/C20H28N4O/c1-15-12-24(14-17-7-5-4-6-8-17)13-16(2)20(15)23(3)19(25)11-18-9-10-21-22-18/h4-10,15-16,20H,11-14H2,1-3H3,(H,21,22)/t15-,16+,20?. The predicted molar refractivity (Wildman–Crippen MR) is 98.9 cm³/mol. The minimum Gasteiger partial charge on any atom is -0.342 e. The zero-order chi connectivity index (χ0) is 17.8. The van der Waals surface area contributed by atoms with E-state index in [1.165, 1.54) is 5.56 Å². The SMILES string of the molecule is C[C@@H]1CN(Cc2ccccc2)C[C@H](C)C1N(C)C(=O)Cc1ccn[nH]1. The van der Waals surface area contributed by atoms with Crippen molar-refractivity contribution in [2.24, 2.45) is 11.8 Å². The van der Waals surface area contributed by atoms with E-state index in [1.54, 1.807) is 6.20 Å². The van der Waals surface area contributed by atoms with Crippen LogP contribution in [0.4, 0.5) is 0 Å². The summed E-state index contributed by atoms with van der Waals surface area (Å²) < 4.78 is 0. The lowest BCUT2D eigenvalue weighted by atomic mass is 9.84. The van der Waals surface area contributed by atoms with Gasteiger partial charge >= 0.3 is 0 Å². The lowest BCUT2D eigenvalue weighted by Gasteiger charge is -2.45. The first-order valence-electron chi connectivity index (χ1n) is 9.04. The summed E-state index contributed by atoms with van der Waals surface area (Å²) in [6.45, 7) is 7.54. The highest BCUT2D eigenvalue weighted by atomic mass is 16.2. The molecule has 3 atom stereocenters. The number of amides is 1. The smallest absolute Gasteiger partial charge is 0.228 e. The Kier molecular flexibility index (Phi) is 5.53. The molecule has 134 valence electrons. The lowest BCUT2D eigenvalue weighted by molar-refractivity contribution is -0.135. The van der Waals surface area contributed by atoms with E-state index in [9.17, 15) is 4.79 Å². The Morgan fingerprint density at radius 1 is 1.20 bits per heavy atom. The van der Waals surface area contributed by atoms with E-state index in [2.05, 4.69) is 59.3 Å². The number of nitrogens with zero attached hydrogens (tertiary/aromatic N) is 3. The molecule has 5 heteroatoms. The summed E-state index contributed by atoms with van der Waals surface area (Å²) >= 11 is 0. The normalized spacial score (nSPS) is 24.2. The topological polar surface area (TPSA) is 52.2 Å². The zero-order valence-electron chi connectivity index (χ0n) is 15.4. The van der Waals surface area contributed by atoms with Gasteiger partial charge in [-0.05, 0) is 23.5 Å². The molecular weight excluding hydrogens is 312 g/mol. The number of likely N-dealkylation sites (tertiary alicyclic amines) is 1. The third-order valence-electron chi connectivity index (χ3n) is 5.25. The van der Waals surface area contributed by atoms with Gasteiger partial charge in [0.05, 0.1) is 6.42 Å². The van der Waals surface area contributed by atoms with E-state index < -0.39 is 0 Å². The summed E-state index contributed by atoms with van der Waals surface area (Å²) in [5.41, 5.74) is 2.22. The number of carbonyl (C=O) groups is 1. The summed E-state index contributed by atoms with van der Waals surface area (Å²) in [6.07, 6.45) is 2.08. The number of aromatic amines is 1. The first-order chi connectivity index (χ1) is 12.0. The van der Waals surface area contributed by atoms with Gasteiger partial charge in [-0.2, -0.15) is 5.10 Å². The maximum absolute atomic E-state index is 12.6. The molecule has 0 spiro atoms. The van der Waals surface area contributed by atoms with Crippen molar-refractivity contribution >= 4 is 5.91 Å². The van der Waals surface area contributed by atoms with Crippen molar-refractivity contribution in [3.05, 3.63) is 53.9 Å². The van der Waals surface area contributed by atoms with Crippen LogP contribution in [0.15, 0.2) is 42.6 Å². The van der Waals surface area contributed by atoms with Gasteiger partial charge in [-0.1, -0.05) is 44.2 Å². The van der Waals surface area contributed by atoms with Gasteiger partial charge in [-0.15, -0.1) is 0 Å². The molecule has 1 aliphatic heterocycles. The van der Waals surface area contributed by atoms with Gasteiger partial charge in [0.15, 0.2) is 0 Å². The van der Waals surface area contributed by atoms with Crippen molar-refractivity contribution in [1.82, 2.24) is 20.0 Å². The van der Waals surface area contributed by atoms with Crippen LogP contribution in [0.2, 0.25) is 0 Å². The van der Waals surface area contributed by atoms with Crippen LogP contribution in [0.25, 0.3) is 0 Å². The number of hydrogen-bond acceptors (Lipinski definition) is 3. The highest BCUT2D eigenvalue weighted by molar-refractivity contribution is 5.78. The first kappa shape index (κ1) is 17.7. The molecule has 1 aliphatic rings. The third-order valence-corrected chi connectivity index (χ3v) is 5.25. The van der Waals surface area contributed by atoms with Crippen molar-refractivity contribution in [3.8, 4) is 0 Å². The van der Waals surface area contributed by atoms with Gasteiger partial charge in [-0.3, -0.25) is 14.8 Å². The molecule has 0 saturated carbocycles. The molecule has 0 radical (unpaired) electrons.